The fourth-order valence-electron chi connectivity index (χ4n) is 4.70. The number of aliphatic carboxylic acids is 1. The number of hydrogen-bond acceptors (Lipinski definition) is 3. The number of Topliss-reactive ketones (excluding diaryl/α,β-unsaturated/α-hetero) is 1. The van der Waals surface area contributed by atoms with Crippen LogP contribution >= 0.6 is 0 Å². The minimum absolute atomic E-state index is 0.0174. The van der Waals surface area contributed by atoms with E-state index in [4.69, 9.17) is 0 Å². The van der Waals surface area contributed by atoms with Gasteiger partial charge in [0.15, 0.2) is 5.78 Å². The molecule has 4 rings (SSSR count). The molecule has 0 radical (unpaired) electrons. The maximum atomic E-state index is 12.8. The largest absolute Gasteiger partial charge is 0.481 e. The Morgan fingerprint density at radius 1 is 1.04 bits per heavy atom. The first kappa shape index (κ1) is 15.1. The summed E-state index contributed by atoms with van der Waals surface area (Å²) in [7, 11) is 0. The van der Waals surface area contributed by atoms with Gasteiger partial charge in [-0.2, -0.15) is 0 Å². The Morgan fingerprint density at radius 2 is 1.62 bits per heavy atom. The molecule has 5 heteroatoms. The molecule has 0 heterocycles. The van der Waals surface area contributed by atoms with E-state index in [1.165, 1.54) is 6.92 Å². The molecule has 124 valence electrons. The van der Waals surface area contributed by atoms with E-state index in [0.717, 1.165) is 12.8 Å². The topological polar surface area (TPSA) is 83.5 Å². The molecule has 24 heavy (non-hydrogen) atoms. The van der Waals surface area contributed by atoms with Crippen LogP contribution in [-0.4, -0.2) is 22.8 Å². The second-order valence-electron chi connectivity index (χ2n) is 7.18. The Bertz CT molecular complexity index is 760. The van der Waals surface area contributed by atoms with Gasteiger partial charge in [-0.3, -0.25) is 14.4 Å². The number of ketones is 1. The molecule has 0 unspecified atom stereocenters. The number of benzene rings is 1. The Hall–Kier alpha value is -2.43. The summed E-state index contributed by atoms with van der Waals surface area (Å²) in [6.45, 7) is 1.49. The van der Waals surface area contributed by atoms with Crippen molar-refractivity contribution in [2.45, 2.75) is 19.8 Å². The van der Waals surface area contributed by atoms with Gasteiger partial charge in [-0.15, -0.1) is 0 Å². The van der Waals surface area contributed by atoms with E-state index in [-0.39, 0.29) is 28.9 Å². The first-order chi connectivity index (χ1) is 11.4. The van der Waals surface area contributed by atoms with Gasteiger partial charge in [-0.25, -0.2) is 0 Å². The minimum atomic E-state index is -0.884. The van der Waals surface area contributed by atoms with Gasteiger partial charge in [0.25, 0.3) is 0 Å². The lowest BCUT2D eigenvalue weighted by atomic mass is 9.82. The van der Waals surface area contributed by atoms with Crippen molar-refractivity contribution in [2.24, 2.45) is 29.1 Å². The minimum Gasteiger partial charge on any atom is -0.481 e. The summed E-state index contributed by atoms with van der Waals surface area (Å²) >= 11 is 0. The molecule has 2 N–H and O–H groups in total. The van der Waals surface area contributed by atoms with Crippen LogP contribution in [0.2, 0.25) is 0 Å². The van der Waals surface area contributed by atoms with Crippen LogP contribution in [-0.2, 0) is 9.59 Å². The Morgan fingerprint density at radius 3 is 2.12 bits per heavy atom. The molecular formula is C19H19NO4. The zero-order valence-electron chi connectivity index (χ0n) is 13.4. The predicted molar refractivity (Wildman–Crippen MR) is 87.5 cm³/mol. The lowest BCUT2D eigenvalue weighted by Crippen LogP contribution is -2.36. The van der Waals surface area contributed by atoms with Crippen molar-refractivity contribution < 1.29 is 19.5 Å². The molecule has 3 aliphatic carbocycles. The van der Waals surface area contributed by atoms with Crippen molar-refractivity contribution >= 4 is 23.3 Å². The van der Waals surface area contributed by atoms with E-state index in [0.29, 0.717) is 11.3 Å². The SMILES string of the molecule is CC(=O)c1ccc(NC(=O)[C@H]2[C@@H](C(=O)O)[C@@H]3C=C[C@H]2C32CC2)cc1. The zero-order valence-corrected chi connectivity index (χ0v) is 13.4. The molecule has 0 aliphatic heterocycles. The highest BCUT2D eigenvalue weighted by molar-refractivity contribution is 5.98. The van der Waals surface area contributed by atoms with E-state index in [1.54, 1.807) is 24.3 Å². The number of rotatable bonds is 4. The fourth-order valence-corrected chi connectivity index (χ4v) is 4.70. The van der Waals surface area contributed by atoms with Crippen LogP contribution in [0.25, 0.3) is 0 Å². The number of allylic oxidation sites excluding steroid dienone is 2. The summed E-state index contributed by atoms with van der Waals surface area (Å²) in [5.74, 6) is -2.30. The molecule has 3 aliphatic rings. The zero-order chi connectivity index (χ0) is 17.1. The van der Waals surface area contributed by atoms with Gasteiger partial charge in [-0.1, -0.05) is 12.2 Å². The first-order valence-electron chi connectivity index (χ1n) is 8.27. The number of anilines is 1. The van der Waals surface area contributed by atoms with Gasteiger partial charge in [0.2, 0.25) is 5.91 Å². The molecular weight excluding hydrogens is 306 g/mol. The monoisotopic (exact) mass is 325 g/mol. The number of nitrogens with one attached hydrogen (secondary N) is 1. The van der Waals surface area contributed by atoms with Gasteiger partial charge in [-0.05, 0) is 61.3 Å². The van der Waals surface area contributed by atoms with Crippen LogP contribution in [0.5, 0.6) is 0 Å². The van der Waals surface area contributed by atoms with Crippen LogP contribution in [0.4, 0.5) is 5.69 Å². The number of amides is 1. The van der Waals surface area contributed by atoms with Crippen molar-refractivity contribution in [2.75, 3.05) is 5.32 Å². The van der Waals surface area contributed by atoms with Gasteiger partial charge >= 0.3 is 5.97 Å². The average Bonchev–Trinajstić information content (AvgIpc) is 3.21. The number of carbonyl (C=O) groups is 3. The Labute approximate surface area is 139 Å². The quantitative estimate of drug-likeness (QED) is 0.658. The first-order valence-corrected chi connectivity index (χ1v) is 8.27. The smallest absolute Gasteiger partial charge is 0.307 e. The van der Waals surface area contributed by atoms with E-state index < -0.39 is 17.8 Å². The van der Waals surface area contributed by atoms with Crippen LogP contribution < -0.4 is 5.32 Å². The predicted octanol–water partition coefficient (Wildman–Crippen LogP) is 2.74. The third-order valence-electron chi connectivity index (χ3n) is 5.99. The second-order valence-corrected chi connectivity index (χ2v) is 7.18. The number of carbonyl (C=O) groups excluding carboxylic acids is 2. The van der Waals surface area contributed by atoms with Crippen LogP contribution in [0, 0.1) is 29.1 Å². The molecule has 2 fully saturated rings. The van der Waals surface area contributed by atoms with E-state index >= 15 is 0 Å². The van der Waals surface area contributed by atoms with Crippen molar-refractivity contribution in [3.8, 4) is 0 Å². The molecule has 0 aromatic heterocycles. The molecule has 1 amide bonds. The van der Waals surface area contributed by atoms with Crippen LogP contribution in [0.3, 0.4) is 0 Å². The maximum Gasteiger partial charge on any atom is 0.307 e. The summed E-state index contributed by atoms with van der Waals surface area (Å²) < 4.78 is 0. The van der Waals surface area contributed by atoms with Gasteiger partial charge in [0.05, 0.1) is 11.8 Å². The Kier molecular flexibility index (Phi) is 3.17. The van der Waals surface area contributed by atoms with Crippen LogP contribution in [0.15, 0.2) is 36.4 Å². The lowest BCUT2D eigenvalue weighted by Gasteiger charge is -2.23. The molecule has 2 saturated carbocycles. The summed E-state index contributed by atoms with van der Waals surface area (Å²) in [5, 5.41) is 12.5. The summed E-state index contributed by atoms with van der Waals surface area (Å²) in [6.07, 6.45) is 6.06. The summed E-state index contributed by atoms with van der Waals surface area (Å²) in [6, 6.07) is 6.69. The number of carboxylic acid groups (broad SMARTS) is 1. The molecule has 1 spiro atoms. The number of carboxylic acids is 1. The van der Waals surface area contributed by atoms with Crippen molar-refractivity contribution in [1.29, 1.82) is 0 Å². The van der Waals surface area contributed by atoms with Crippen molar-refractivity contribution in [1.82, 2.24) is 0 Å². The highest BCUT2D eigenvalue weighted by atomic mass is 16.4. The average molecular weight is 325 g/mol. The molecule has 1 aromatic rings. The lowest BCUT2D eigenvalue weighted by molar-refractivity contribution is -0.146. The fraction of sp³-hybridized carbons (Fsp3) is 0.421. The molecule has 2 bridgehead atoms. The van der Waals surface area contributed by atoms with E-state index in [2.05, 4.69) is 5.32 Å². The summed E-state index contributed by atoms with van der Waals surface area (Å²) in [4.78, 5) is 35.8. The number of hydrogen-bond donors (Lipinski definition) is 2. The van der Waals surface area contributed by atoms with E-state index in [1.807, 2.05) is 12.2 Å². The standard InChI is InChI=1S/C19H19NO4/c1-10(21)11-2-4-12(5-3-11)20-17(22)15-13-6-7-14(16(15)18(23)24)19(13)8-9-19/h2-7,13-16H,8-9H2,1H3,(H,20,22)(H,23,24)/t13-,14+,15-,16+/m1/s1. The maximum absolute atomic E-state index is 12.8. The van der Waals surface area contributed by atoms with Crippen molar-refractivity contribution in [3.05, 3.63) is 42.0 Å². The summed E-state index contributed by atoms with van der Waals surface area (Å²) in [5.41, 5.74) is 1.19. The molecule has 1 aromatic carbocycles. The normalized spacial score (nSPS) is 31.2. The van der Waals surface area contributed by atoms with Gasteiger partial charge < -0.3 is 10.4 Å². The third-order valence-corrected chi connectivity index (χ3v) is 5.99. The second kappa shape index (κ2) is 5.03. The molecule has 4 atom stereocenters. The van der Waals surface area contributed by atoms with E-state index in [9.17, 15) is 19.5 Å². The Balaban J connectivity index is 1.56. The van der Waals surface area contributed by atoms with Crippen molar-refractivity contribution in [3.63, 3.8) is 0 Å². The van der Waals surface area contributed by atoms with Crippen LogP contribution in [0.1, 0.15) is 30.1 Å². The highest BCUT2D eigenvalue weighted by Gasteiger charge is 2.70. The molecule has 5 nitrogen and oxygen atoms in total. The van der Waals surface area contributed by atoms with Gasteiger partial charge in [0.1, 0.15) is 0 Å². The highest BCUT2D eigenvalue weighted by Crippen LogP contribution is 2.72. The third kappa shape index (κ3) is 2.04. The van der Waals surface area contributed by atoms with Gasteiger partial charge in [0, 0.05) is 11.3 Å². The molecule has 0 saturated heterocycles.